The monoisotopic (exact) mass is 277 g/mol. The SMILES string of the molecule is CCCCCCCCOc1ccc(C)cc1CC(C)N. The van der Waals surface area contributed by atoms with Crippen LogP contribution >= 0.6 is 0 Å². The number of rotatable bonds is 10. The Labute approximate surface area is 124 Å². The quantitative estimate of drug-likeness (QED) is 0.633. The van der Waals surface area contributed by atoms with Gasteiger partial charge in [0.2, 0.25) is 0 Å². The van der Waals surface area contributed by atoms with Crippen molar-refractivity contribution in [3.8, 4) is 5.75 Å². The molecule has 0 radical (unpaired) electrons. The molecule has 0 heterocycles. The predicted molar refractivity (Wildman–Crippen MR) is 87.4 cm³/mol. The third-order valence-corrected chi connectivity index (χ3v) is 3.51. The van der Waals surface area contributed by atoms with Gasteiger partial charge in [0.25, 0.3) is 0 Å². The maximum absolute atomic E-state index is 5.94. The van der Waals surface area contributed by atoms with E-state index in [2.05, 4.69) is 32.0 Å². The summed E-state index contributed by atoms with van der Waals surface area (Å²) in [4.78, 5) is 0. The summed E-state index contributed by atoms with van der Waals surface area (Å²) < 4.78 is 5.94. The Morgan fingerprint density at radius 3 is 2.50 bits per heavy atom. The molecule has 1 aromatic rings. The van der Waals surface area contributed by atoms with Crippen LogP contribution in [0.15, 0.2) is 18.2 Å². The van der Waals surface area contributed by atoms with Crippen LogP contribution in [0.5, 0.6) is 5.75 Å². The van der Waals surface area contributed by atoms with Crippen LogP contribution in [-0.2, 0) is 6.42 Å². The highest BCUT2D eigenvalue weighted by Crippen LogP contribution is 2.22. The second-order valence-electron chi connectivity index (χ2n) is 5.91. The molecule has 1 atom stereocenters. The molecule has 2 heteroatoms. The van der Waals surface area contributed by atoms with Crippen molar-refractivity contribution in [2.45, 2.75) is 71.8 Å². The van der Waals surface area contributed by atoms with Gasteiger partial charge in [0, 0.05) is 6.04 Å². The average molecular weight is 277 g/mol. The number of aryl methyl sites for hydroxylation is 1. The summed E-state index contributed by atoms with van der Waals surface area (Å²) in [6.45, 7) is 7.23. The smallest absolute Gasteiger partial charge is 0.122 e. The lowest BCUT2D eigenvalue weighted by molar-refractivity contribution is 0.301. The first-order chi connectivity index (χ1) is 9.63. The Morgan fingerprint density at radius 2 is 1.80 bits per heavy atom. The van der Waals surface area contributed by atoms with Crippen LogP contribution in [-0.4, -0.2) is 12.6 Å². The van der Waals surface area contributed by atoms with Crippen LogP contribution < -0.4 is 10.5 Å². The number of benzene rings is 1. The molecule has 0 aromatic heterocycles. The van der Waals surface area contributed by atoms with Crippen LogP contribution in [0.2, 0.25) is 0 Å². The maximum atomic E-state index is 5.94. The number of hydrogen-bond acceptors (Lipinski definition) is 2. The van der Waals surface area contributed by atoms with Crippen LogP contribution in [0, 0.1) is 6.92 Å². The number of ether oxygens (including phenoxy) is 1. The highest BCUT2D eigenvalue weighted by Gasteiger charge is 2.06. The van der Waals surface area contributed by atoms with Crippen molar-refractivity contribution in [1.29, 1.82) is 0 Å². The molecule has 0 aliphatic rings. The van der Waals surface area contributed by atoms with E-state index in [1.807, 2.05) is 6.92 Å². The van der Waals surface area contributed by atoms with E-state index >= 15 is 0 Å². The van der Waals surface area contributed by atoms with Gasteiger partial charge in [0.1, 0.15) is 5.75 Å². The fourth-order valence-corrected chi connectivity index (χ4v) is 2.42. The van der Waals surface area contributed by atoms with Crippen molar-refractivity contribution in [3.05, 3.63) is 29.3 Å². The molecule has 0 aliphatic carbocycles. The van der Waals surface area contributed by atoms with E-state index in [1.54, 1.807) is 0 Å². The van der Waals surface area contributed by atoms with E-state index in [9.17, 15) is 0 Å². The molecule has 2 nitrogen and oxygen atoms in total. The molecule has 20 heavy (non-hydrogen) atoms. The van der Waals surface area contributed by atoms with Gasteiger partial charge < -0.3 is 10.5 Å². The summed E-state index contributed by atoms with van der Waals surface area (Å²) >= 11 is 0. The molecule has 0 spiro atoms. The zero-order valence-corrected chi connectivity index (χ0v) is 13.5. The third kappa shape index (κ3) is 6.95. The van der Waals surface area contributed by atoms with E-state index in [1.165, 1.54) is 43.2 Å². The van der Waals surface area contributed by atoms with Crippen molar-refractivity contribution < 1.29 is 4.74 Å². The minimum Gasteiger partial charge on any atom is -0.493 e. The normalized spacial score (nSPS) is 12.4. The summed E-state index contributed by atoms with van der Waals surface area (Å²) in [6.07, 6.45) is 8.66. The molecule has 0 aliphatic heterocycles. The van der Waals surface area contributed by atoms with E-state index < -0.39 is 0 Å². The number of hydrogen-bond donors (Lipinski definition) is 1. The van der Waals surface area contributed by atoms with Gasteiger partial charge in [-0.1, -0.05) is 56.7 Å². The highest BCUT2D eigenvalue weighted by atomic mass is 16.5. The second kappa shape index (κ2) is 9.82. The largest absolute Gasteiger partial charge is 0.493 e. The summed E-state index contributed by atoms with van der Waals surface area (Å²) in [7, 11) is 0. The van der Waals surface area contributed by atoms with Gasteiger partial charge in [0.15, 0.2) is 0 Å². The molecule has 0 saturated heterocycles. The molecule has 1 rings (SSSR count). The van der Waals surface area contributed by atoms with Crippen molar-refractivity contribution in [2.24, 2.45) is 5.73 Å². The summed E-state index contributed by atoms with van der Waals surface area (Å²) in [5.74, 6) is 1.02. The minimum atomic E-state index is 0.174. The van der Waals surface area contributed by atoms with Gasteiger partial charge in [-0.15, -0.1) is 0 Å². The Balaban J connectivity index is 2.35. The van der Waals surface area contributed by atoms with E-state index in [0.717, 1.165) is 25.2 Å². The molecular formula is C18H31NO. The summed E-state index contributed by atoms with van der Waals surface area (Å²) in [5.41, 5.74) is 8.42. The molecular weight excluding hydrogens is 246 g/mol. The standard InChI is InChI=1S/C18H31NO/c1-4-5-6-7-8-9-12-20-18-11-10-15(2)13-17(18)14-16(3)19/h10-11,13,16H,4-9,12,14,19H2,1-3H3. The predicted octanol–water partition coefficient (Wildman–Crippen LogP) is 4.62. The highest BCUT2D eigenvalue weighted by molar-refractivity contribution is 5.37. The lowest BCUT2D eigenvalue weighted by atomic mass is 10.0. The van der Waals surface area contributed by atoms with Crippen molar-refractivity contribution in [1.82, 2.24) is 0 Å². The fourth-order valence-electron chi connectivity index (χ4n) is 2.42. The van der Waals surface area contributed by atoms with Crippen LogP contribution in [0.25, 0.3) is 0 Å². The van der Waals surface area contributed by atoms with E-state index in [4.69, 9.17) is 10.5 Å². The zero-order valence-electron chi connectivity index (χ0n) is 13.5. The molecule has 114 valence electrons. The van der Waals surface area contributed by atoms with E-state index in [0.29, 0.717) is 0 Å². The maximum Gasteiger partial charge on any atom is 0.122 e. The first-order valence-corrected chi connectivity index (χ1v) is 8.11. The van der Waals surface area contributed by atoms with Gasteiger partial charge in [-0.3, -0.25) is 0 Å². The summed E-state index contributed by atoms with van der Waals surface area (Å²) in [5, 5.41) is 0. The van der Waals surface area contributed by atoms with E-state index in [-0.39, 0.29) is 6.04 Å². The number of nitrogens with two attached hydrogens (primary N) is 1. The van der Waals surface area contributed by atoms with Crippen LogP contribution in [0.3, 0.4) is 0 Å². The number of unbranched alkanes of at least 4 members (excludes halogenated alkanes) is 5. The Kier molecular flexibility index (Phi) is 8.36. The molecule has 1 unspecified atom stereocenters. The Bertz CT molecular complexity index is 374. The molecule has 0 saturated carbocycles. The van der Waals surface area contributed by atoms with Crippen LogP contribution in [0.4, 0.5) is 0 Å². The van der Waals surface area contributed by atoms with Crippen LogP contribution in [0.1, 0.15) is 63.5 Å². The van der Waals surface area contributed by atoms with Crippen molar-refractivity contribution in [2.75, 3.05) is 6.61 Å². The second-order valence-corrected chi connectivity index (χ2v) is 5.91. The van der Waals surface area contributed by atoms with Gasteiger partial charge in [-0.2, -0.15) is 0 Å². The molecule has 1 aromatic carbocycles. The summed E-state index contributed by atoms with van der Waals surface area (Å²) in [6, 6.07) is 6.57. The van der Waals surface area contributed by atoms with Gasteiger partial charge >= 0.3 is 0 Å². The van der Waals surface area contributed by atoms with Gasteiger partial charge in [0.05, 0.1) is 6.61 Å². The Hall–Kier alpha value is -1.02. The van der Waals surface area contributed by atoms with Crippen molar-refractivity contribution >= 4 is 0 Å². The Morgan fingerprint density at radius 1 is 1.10 bits per heavy atom. The molecule has 0 amide bonds. The fraction of sp³-hybridized carbons (Fsp3) is 0.667. The topological polar surface area (TPSA) is 35.2 Å². The zero-order chi connectivity index (χ0) is 14.8. The lowest BCUT2D eigenvalue weighted by Gasteiger charge is -2.14. The van der Waals surface area contributed by atoms with Gasteiger partial charge in [-0.05, 0) is 38.3 Å². The minimum absolute atomic E-state index is 0.174. The lowest BCUT2D eigenvalue weighted by Crippen LogP contribution is -2.18. The average Bonchev–Trinajstić information content (AvgIpc) is 2.39. The first kappa shape index (κ1) is 17.0. The van der Waals surface area contributed by atoms with Gasteiger partial charge in [-0.25, -0.2) is 0 Å². The van der Waals surface area contributed by atoms with Crippen molar-refractivity contribution in [3.63, 3.8) is 0 Å². The first-order valence-electron chi connectivity index (χ1n) is 8.11. The molecule has 2 N–H and O–H groups in total. The molecule has 0 fully saturated rings. The third-order valence-electron chi connectivity index (χ3n) is 3.51. The molecule has 0 bridgehead atoms.